The number of hydrogen-bond acceptors (Lipinski definition) is 1. The lowest BCUT2D eigenvalue weighted by Gasteiger charge is -2.32. The van der Waals surface area contributed by atoms with Gasteiger partial charge < -0.3 is 0 Å². The average molecular weight is 285 g/mol. The van der Waals surface area contributed by atoms with Crippen LogP contribution < -0.4 is 5.32 Å². The zero-order chi connectivity index (χ0) is 14.6. The predicted octanol–water partition coefficient (Wildman–Crippen LogP) is 4.85. The van der Waals surface area contributed by atoms with E-state index in [1.807, 2.05) is 6.92 Å². The molecule has 0 spiro atoms. The highest BCUT2D eigenvalue weighted by Crippen LogP contribution is 2.35. The largest absolute Gasteiger partial charge is 0.407 e. The number of rotatable bonds is 4. The maximum Gasteiger partial charge on any atom is 0.407 e. The van der Waals surface area contributed by atoms with E-state index in [1.165, 1.54) is 6.42 Å². The van der Waals surface area contributed by atoms with E-state index in [0.717, 1.165) is 25.7 Å². The van der Waals surface area contributed by atoms with Gasteiger partial charge in [0.1, 0.15) is 6.04 Å². The van der Waals surface area contributed by atoms with Gasteiger partial charge in [-0.1, -0.05) is 49.6 Å². The summed E-state index contributed by atoms with van der Waals surface area (Å²) in [6.07, 6.45) is 1.30. The third-order valence-electron chi connectivity index (χ3n) is 4.25. The Morgan fingerprint density at radius 2 is 1.65 bits per heavy atom. The third kappa shape index (κ3) is 3.98. The minimum atomic E-state index is -4.26. The van der Waals surface area contributed by atoms with Crippen LogP contribution in [0.2, 0.25) is 0 Å². The van der Waals surface area contributed by atoms with Crippen molar-refractivity contribution in [3.05, 3.63) is 35.9 Å². The monoisotopic (exact) mass is 285 g/mol. The summed E-state index contributed by atoms with van der Waals surface area (Å²) in [6.45, 7) is 1.89. The van der Waals surface area contributed by atoms with Gasteiger partial charge in [-0.25, -0.2) is 0 Å². The van der Waals surface area contributed by atoms with Crippen molar-refractivity contribution in [1.82, 2.24) is 5.32 Å². The summed E-state index contributed by atoms with van der Waals surface area (Å²) < 4.78 is 39.8. The Morgan fingerprint density at radius 3 is 2.20 bits per heavy atom. The molecule has 1 saturated carbocycles. The van der Waals surface area contributed by atoms with Gasteiger partial charge in [-0.3, -0.25) is 5.32 Å². The minimum Gasteiger partial charge on any atom is -0.300 e. The molecule has 2 atom stereocenters. The van der Waals surface area contributed by atoms with Crippen LogP contribution in [0.4, 0.5) is 13.2 Å². The quantitative estimate of drug-likeness (QED) is 0.834. The topological polar surface area (TPSA) is 12.0 Å². The lowest BCUT2D eigenvalue weighted by Crippen LogP contribution is -2.43. The second-order valence-corrected chi connectivity index (χ2v) is 5.74. The molecule has 20 heavy (non-hydrogen) atoms. The van der Waals surface area contributed by atoms with Crippen molar-refractivity contribution in [1.29, 1.82) is 0 Å². The smallest absolute Gasteiger partial charge is 0.300 e. The number of nitrogens with one attached hydrogen (secondary N) is 1. The van der Waals surface area contributed by atoms with Crippen LogP contribution in [0, 0.1) is 5.92 Å². The molecule has 1 aliphatic carbocycles. The number of alkyl halides is 3. The van der Waals surface area contributed by atoms with E-state index in [-0.39, 0.29) is 6.04 Å². The highest BCUT2D eigenvalue weighted by atomic mass is 19.4. The highest BCUT2D eigenvalue weighted by molar-refractivity contribution is 5.20. The fourth-order valence-corrected chi connectivity index (χ4v) is 3.06. The molecular weight excluding hydrogens is 263 g/mol. The van der Waals surface area contributed by atoms with E-state index in [2.05, 4.69) is 5.32 Å². The Labute approximate surface area is 118 Å². The van der Waals surface area contributed by atoms with Crippen molar-refractivity contribution in [2.45, 2.75) is 57.3 Å². The summed E-state index contributed by atoms with van der Waals surface area (Å²) in [5.41, 5.74) is 0.294. The van der Waals surface area contributed by atoms with Crippen molar-refractivity contribution in [3.8, 4) is 0 Å². The molecule has 0 heterocycles. The van der Waals surface area contributed by atoms with Crippen LogP contribution in [-0.4, -0.2) is 12.2 Å². The van der Waals surface area contributed by atoms with Crippen LogP contribution in [-0.2, 0) is 0 Å². The summed E-state index contributed by atoms with van der Waals surface area (Å²) >= 11 is 0. The van der Waals surface area contributed by atoms with Gasteiger partial charge in [0.05, 0.1) is 0 Å². The second kappa shape index (κ2) is 6.61. The molecule has 1 fully saturated rings. The molecule has 4 heteroatoms. The highest BCUT2D eigenvalue weighted by Gasteiger charge is 2.42. The van der Waals surface area contributed by atoms with E-state index >= 15 is 0 Å². The maximum absolute atomic E-state index is 13.3. The fraction of sp³-hybridized carbons (Fsp3) is 0.625. The molecule has 0 amide bonds. The summed E-state index contributed by atoms with van der Waals surface area (Å²) in [5, 5.41) is 2.82. The zero-order valence-corrected chi connectivity index (χ0v) is 11.8. The van der Waals surface area contributed by atoms with Crippen molar-refractivity contribution in [3.63, 3.8) is 0 Å². The molecule has 0 radical (unpaired) electrons. The van der Waals surface area contributed by atoms with Crippen LogP contribution >= 0.6 is 0 Å². The van der Waals surface area contributed by atoms with E-state index < -0.39 is 12.2 Å². The fourth-order valence-electron chi connectivity index (χ4n) is 3.06. The lowest BCUT2D eigenvalue weighted by molar-refractivity contribution is -0.160. The molecular formula is C16H22F3N. The Hall–Kier alpha value is -1.03. The summed E-state index contributed by atoms with van der Waals surface area (Å²) in [7, 11) is 0. The van der Waals surface area contributed by atoms with Crippen molar-refractivity contribution in [2.24, 2.45) is 5.92 Å². The standard InChI is InChI=1S/C16H22F3N/c1-12(13-8-4-2-5-9-13)20-15(16(17,18)19)14-10-6-3-7-11-14/h3,6-7,10-13,15,20H,2,4-5,8-9H2,1H3/t12-,15?/m0/s1. The Bertz CT molecular complexity index is 396. The van der Waals surface area contributed by atoms with Crippen LogP contribution in [0.15, 0.2) is 30.3 Å². The molecule has 2 rings (SSSR count). The molecule has 1 aromatic carbocycles. The van der Waals surface area contributed by atoms with Gasteiger partial charge in [0.25, 0.3) is 0 Å². The van der Waals surface area contributed by atoms with Gasteiger partial charge in [0.2, 0.25) is 0 Å². The van der Waals surface area contributed by atoms with E-state index in [1.54, 1.807) is 30.3 Å². The van der Waals surface area contributed by atoms with Crippen molar-refractivity contribution < 1.29 is 13.2 Å². The first-order valence-electron chi connectivity index (χ1n) is 7.36. The van der Waals surface area contributed by atoms with Crippen LogP contribution in [0.3, 0.4) is 0 Å². The van der Waals surface area contributed by atoms with Crippen molar-refractivity contribution >= 4 is 0 Å². The molecule has 0 aromatic heterocycles. The number of halogens is 3. The second-order valence-electron chi connectivity index (χ2n) is 5.74. The van der Waals surface area contributed by atoms with Gasteiger partial charge in [0, 0.05) is 6.04 Å². The Kier molecular flexibility index (Phi) is 5.08. The molecule has 112 valence electrons. The van der Waals surface area contributed by atoms with Gasteiger partial charge in [-0.05, 0) is 31.2 Å². The molecule has 1 aliphatic rings. The van der Waals surface area contributed by atoms with Crippen LogP contribution in [0.1, 0.15) is 50.6 Å². The molecule has 0 bridgehead atoms. The first-order chi connectivity index (χ1) is 9.48. The maximum atomic E-state index is 13.3. The Balaban J connectivity index is 2.08. The van der Waals surface area contributed by atoms with E-state index in [4.69, 9.17) is 0 Å². The number of benzene rings is 1. The molecule has 1 N–H and O–H groups in total. The van der Waals surface area contributed by atoms with E-state index in [9.17, 15) is 13.2 Å². The van der Waals surface area contributed by atoms with Gasteiger partial charge in [-0.2, -0.15) is 13.2 Å². The molecule has 1 aromatic rings. The summed E-state index contributed by atoms with van der Waals surface area (Å²) in [6, 6.07) is 6.45. The normalized spacial score (nSPS) is 20.6. The minimum absolute atomic E-state index is 0.109. The Morgan fingerprint density at radius 1 is 1.05 bits per heavy atom. The van der Waals surface area contributed by atoms with Gasteiger partial charge in [-0.15, -0.1) is 0 Å². The molecule has 0 saturated heterocycles. The van der Waals surface area contributed by atoms with Crippen molar-refractivity contribution in [2.75, 3.05) is 0 Å². The molecule has 1 unspecified atom stereocenters. The number of hydrogen-bond donors (Lipinski definition) is 1. The first kappa shape index (κ1) is 15.4. The molecule has 0 aliphatic heterocycles. The lowest BCUT2D eigenvalue weighted by atomic mass is 9.84. The van der Waals surface area contributed by atoms with Gasteiger partial charge in [0.15, 0.2) is 0 Å². The predicted molar refractivity (Wildman–Crippen MR) is 74.4 cm³/mol. The van der Waals surface area contributed by atoms with Crippen LogP contribution in [0.25, 0.3) is 0 Å². The molecule has 1 nitrogen and oxygen atoms in total. The zero-order valence-electron chi connectivity index (χ0n) is 11.8. The van der Waals surface area contributed by atoms with Gasteiger partial charge >= 0.3 is 6.18 Å². The summed E-state index contributed by atoms with van der Waals surface area (Å²) in [5.74, 6) is 0.359. The third-order valence-corrected chi connectivity index (χ3v) is 4.25. The SMILES string of the molecule is C[C@H](NC(c1ccccc1)C(F)(F)F)C1CCCCC1. The summed E-state index contributed by atoms with van der Waals surface area (Å²) in [4.78, 5) is 0. The van der Waals surface area contributed by atoms with E-state index in [0.29, 0.717) is 11.5 Å². The van der Waals surface area contributed by atoms with Crippen LogP contribution in [0.5, 0.6) is 0 Å². The first-order valence-corrected chi connectivity index (χ1v) is 7.36. The average Bonchev–Trinajstić information content (AvgIpc) is 2.45.